The van der Waals surface area contributed by atoms with E-state index in [2.05, 4.69) is 17.6 Å². The third-order valence-corrected chi connectivity index (χ3v) is 6.67. The number of nitrogens with zero attached hydrogens (tertiary/aromatic N) is 1. The normalized spacial score (nSPS) is 14.4. The minimum absolute atomic E-state index is 0.0318. The minimum Gasteiger partial charge on any atom is -0.444 e. The molecule has 0 aliphatic carbocycles. The second-order valence-corrected chi connectivity index (χ2v) is 12.8. The Morgan fingerprint density at radius 3 is 2.11 bits per heavy atom. The highest BCUT2D eigenvalue weighted by atomic mass is 32.2. The number of benzene rings is 1. The fourth-order valence-corrected chi connectivity index (χ4v) is 4.61. The highest BCUT2D eigenvalue weighted by Gasteiger charge is 2.42. The summed E-state index contributed by atoms with van der Waals surface area (Å²) in [4.78, 5) is 42.4. The molecule has 0 saturated carbocycles. The maximum Gasteiger partial charge on any atom is 0.408 e. The number of rotatable bonds is 11. The number of carbonyl (C=O) groups is 3. The second-order valence-electron chi connectivity index (χ2n) is 11.8. The Morgan fingerprint density at radius 2 is 1.62 bits per heavy atom. The van der Waals surface area contributed by atoms with Crippen molar-refractivity contribution in [3.63, 3.8) is 0 Å². The van der Waals surface area contributed by atoms with Crippen LogP contribution in [-0.4, -0.2) is 58.0 Å². The van der Waals surface area contributed by atoms with Crippen LogP contribution >= 0.6 is 11.8 Å². The Hall–Kier alpha value is -2.22. The first-order valence-electron chi connectivity index (χ1n) is 13.2. The van der Waals surface area contributed by atoms with E-state index in [9.17, 15) is 14.4 Å². The zero-order valence-electron chi connectivity index (χ0n) is 24.8. The highest BCUT2D eigenvalue weighted by molar-refractivity contribution is 7.98. The van der Waals surface area contributed by atoms with Crippen molar-refractivity contribution in [3.8, 4) is 0 Å². The van der Waals surface area contributed by atoms with Crippen molar-refractivity contribution in [3.05, 3.63) is 34.9 Å². The highest BCUT2D eigenvalue weighted by Crippen LogP contribution is 2.32. The van der Waals surface area contributed by atoms with E-state index in [4.69, 9.17) is 4.74 Å². The van der Waals surface area contributed by atoms with Gasteiger partial charge in [-0.25, -0.2) is 4.79 Å². The van der Waals surface area contributed by atoms with E-state index in [1.807, 2.05) is 66.0 Å². The Kier molecular flexibility index (Phi) is 12.5. The lowest BCUT2D eigenvalue weighted by molar-refractivity contribution is -0.148. The Bertz CT molecular complexity index is 921. The number of carbonyl (C=O) groups excluding carboxylic acids is 3. The van der Waals surface area contributed by atoms with E-state index in [0.717, 1.165) is 29.5 Å². The number of hydrogen-bond acceptors (Lipinski definition) is 5. The van der Waals surface area contributed by atoms with Crippen LogP contribution in [0.1, 0.15) is 97.4 Å². The molecule has 0 aliphatic rings. The third-order valence-electron chi connectivity index (χ3n) is 6.02. The van der Waals surface area contributed by atoms with E-state index >= 15 is 0 Å². The molecule has 0 heterocycles. The van der Waals surface area contributed by atoms with Crippen molar-refractivity contribution in [1.29, 1.82) is 0 Å². The fourth-order valence-electron chi connectivity index (χ4n) is 4.14. The molecule has 3 amide bonds. The standard InChI is InChI=1S/C29H49N3O4S/c1-12-13-21(4)30-25(33)24(22-15-14-19(2)20(3)18-22)32(28(5,6)7)26(34)23(16-17-37-11)31-27(35)36-29(8,9)10/h14-15,18,21,23-24H,12-13,16-17H2,1-11H3,(H,30,33)(H,31,35). The largest absolute Gasteiger partial charge is 0.444 e. The molecule has 0 fully saturated rings. The number of aryl methyl sites for hydroxylation is 2. The van der Waals surface area contributed by atoms with Crippen LogP contribution in [0.25, 0.3) is 0 Å². The first kappa shape index (κ1) is 32.8. The average molecular weight is 536 g/mol. The molecule has 0 saturated heterocycles. The molecular formula is C29H49N3O4S. The summed E-state index contributed by atoms with van der Waals surface area (Å²) in [6, 6.07) is 4.15. The lowest BCUT2D eigenvalue weighted by atomic mass is 9.93. The number of hydrogen-bond donors (Lipinski definition) is 2. The monoisotopic (exact) mass is 535 g/mol. The van der Waals surface area contributed by atoms with Crippen LogP contribution in [-0.2, 0) is 14.3 Å². The van der Waals surface area contributed by atoms with Crippen molar-refractivity contribution in [2.75, 3.05) is 12.0 Å². The number of ether oxygens (including phenoxy) is 1. The molecule has 3 unspecified atom stereocenters. The summed E-state index contributed by atoms with van der Waals surface area (Å²) in [5, 5.41) is 5.92. The summed E-state index contributed by atoms with van der Waals surface area (Å²) >= 11 is 1.59. The molecule has 3 atom stereocenters. The molecule has 210 valence electrons. The van der Waals surface area contributed by atoms with E-state index in [-0.39, 0.29) is 17.9 Å². The van der Waals surface area contributed by atoms with Gasteiger partial charge in [0.05, 0.1) is 0 Å². The van der Waals surface area contributed by atoms with Gasteiger partial charge >= 0.3 is 6.09 Å². The van der Waals surface area contributed by atoms with E-state index in [1.165, 1.54) is 0 Å². The SMILES string of the molecule is CCCC(C)NC(=O)C(c1ccc(C)c(C)c1)N(C(=O)C(CCSC)NC(=O)OC(C)(C)C)C(C)(C)C. The van der Waals surface area contributed by atoms with E-state index in [1.54, 1.807) is 37.4 Å². The molecule has 0 spiro atoms. The van der Waals surface area contributed by atoms with Gasteiger partial charge in [0.1, 0.15) is 17.7 Å². The molecule has 2 N–H and O–H groups in total. The zero-order valence-corrected chi connectivity index (χ0v) is 25.6. The quantitative estimate of drug-likeness (QED) is 0.367. The Balaban J connectivity index is 3.59. The van der Waals surface area contributed by atoms with Gasteiger partial charge in [0.15, 0.2) is 0 Å². The van der Waals surface area contributed by atoms with Crippen molar-refractivity contribution < 1.29 is 19.1 Å². The van der Waals surface area contributed by atoms with Crippen LogP contribution in [0.5, 0.6) is 0 Å². The summed E-state index contributed by atoms with van der Waals surface area (Å²) in [5.74, 6) is 0.125. The van der Waals surface area contributed by atoms with Crippen LogP contribution in [0.3, 0.4) is 0 Å². The minimum atomic E-state index is -0.858. The summed E-state index contributed by atoms with van der Waals surface area (Å²) in [7, 11) is 0. The van der Waals surface area contributed by atoms with Gasteiger partial charge in [-0.1, -0.05) is 31.5 Å². The first-order valence-corrected chi connectivity index (χ1v) is 14.6. The molecule has 8 heteroatoms. The number of nitrogens with one attached hydrogen (secondary N) is 2. The lowest BCUT2D eigenvalue weighted by Crippen LogP contribution is -2.59. The summed E-state index contributed by atoms with van der Waals surface area (Å²) < 4.78 is 5.46. The number of amides is 3. The summed E-state index contributed by atoms with van der Waals surface area (Å²) in [6.07, 6.45) is 3.50. The first-order chi connectivity index (χ1) is 17.0. The molecule has 0 radical (unpaired) electrons. The Labute approximate surface area is 228 Å². The van der Waals surface area contributed by atoms with Crippen LogP contribution in [0, 0.1) is 13.8 Å². The van der Waals surface area contributed by atoms with Gasteiger partial charge in [0, 0.05) is 11.6 Å². The van der Waals surface area contributed by atoms with Crippen LogP contribution in [0.4, 0.5) is 4.79 Å². The Morgan fingerprint density at radius 1 is 1.00 bits per heavy atom. The van der Waals surface area contributed by atoms with Gasteiger partial charge in [0.2, 0.25) is 11.8 Å². The van der Waals surface area contributed by atoms with Gasteiger partial charge in [-0.05, 0) is 104 Å². The molecule has 37 heavy (non-hydrogen) atoms. The molecule has 0 aliphatic heterocycles. The average Bonchev–Trinajstić information content (AvgIpc) is 2.74. The summed E-state index contributed by atoms with van der Waals surface area (Å²) in [5.41, 5.74) is 1.50. The van der Waals surface area contributed by atoms with Crippen LogP contribution in [0.2, 0.25) is 0 Å². The van der Waals surface area contributed by atoms with Crippen LogP contribution in [0.15, 0.2) is 18.2 Å². The third kappa shape index (κ3) is 10.6. The predicted molar refractivity (Wildman–Crippen MR) is 154 cm³/mol. The number of thioether (sulfide) groups is 1. The van der Waals surface area contributed by atoms with Gasteiger partial charge in [0.25, 0.3) is 0 Å². The molecule has 1 aromatic carbocycles. The molecule has 7 nitrogen and oxygen atoms in total. The van der Waals surface area contributed by atoms with Gasteiger partial charge in [-0.3, -0.25) is 9.59 Å². The van der Waals surface area contributed by atoms with Crippen molar-refractivity contribution in [2.45, 2.75) is 118 Å². The second kappa shape index (κ2) is 14.1. The van der Waals surface area contributed by atoms with Gasteiger partial charge in [-0.2, -0.15) is 11.8 Å². The molecule has 1 rings (SSSR count). The molecule has 0 aromatic heterocycles. The smallest absolute Gasteiger partial charge is 0.408 e. The lowest BCUT2D eigenvalue weighted by Gasteiger charge is -2.43. The van der Waals surface area contributed by atoms with Crippen molar-refractivity contribution in [2.24, 2.45) is 0 Å². The van der Waals surface area contributed by atoms with Crippen molar-refractivity contribution >= 4 is 29.7 Å². The van der Waals surface area contributed by atoms with E-state index < -0.39 is 29.3 Å². The van der Waals surface area contributed by atoms with Gasteiger partial charge in [-0.15, -0.1) is 0 Å². The fraction of sp³-hybridized carbons (Fsp3) is 0.690. The van der Waals surface area contributed by atoms with Crippen LogP contribution < -0.4 is 10.6 Å². The maximum atomic E-state index is 14.2. The van der Waals surface area contributed by atoms with Crippen molar-refractivity contribution in [1.82, 2.24) is 15.5 Å². The zero-order chi connectivity index (χ0) is 28.6. The predicted octanol–water partition coefficient (Wildman–Crippen LogP) is 5.92. The topological polar surface area (TPSA) is 87.7 Å². The summed E-state index contributed by atoms with van der Waals surface area (Å²) in [6.45, 7) is 19.2. The molecule has 1 aromatic rings. The molecular weight excluding hydrogens is 486 g/mol. The van der Waals surface area contributed by atoms with Gasteiger partial charge < -0.3 is 20.3 Å². The molecule has 0 bridgehead atoms. The number of alkyl carbamates (subject to hydrolysis) is 1. The van der Waals surface area contributed by atoms with E-state index in [0.29, 0.717) is 12.2 Å². The maximum absolute atomic E-state index is 14.2.